The van der Waals surface area contributed by atoms with Crippen molar-refractivity contribution in [2.75, 3.05) is 5.32 Å². The molecule has 0 unspecified atom stereocenters. The molecule has 1 aliphatic rings. The van der Waals surface area contributed by atoms with Gasteiger partial charge in [-0.3, -0.25) is 9.59 Å². The van der Waals surface area contributed by atoms with Crippen LogP contribution in [0.3, 0.4) is 0 Å². The van der Waals surface area contributed by atoms with E-state index in [1.165, 1.54) is 26.0 Å². The van der Waals surface area contributed by atoms with E-state index in [1.54, 1.807) is 25.1 Å². The van der Waals surface area contributed by atoms with E-state index < -0.39 is 29.2 Å². The Morgan fingerprint density at radius 2 is 1.61 bits per heavy atom. The number of anilines is 1. The van der Waals surface area contributed by atoms with Gasteiger partial charge in [-0.1, -0.05) is 30.3 Å². The topological polar surface area (TPSA) is 66.4 Å². The molecule has 0 amide bonds. The number of carbonyl (C=O) groups excluding carboxylic acids is 2. The molecule has 0 saturated heterocycles. The number of aliphatic hydroxyl groups is 1. The summed E-state index contributed by atoms with van der Waals surface area (Å²) in [5, 5.41) is 14.3. The van der Waals surface area contributed by atoms with Crippen LogP contribution in [0, 0.1) is 17.7 Å². The Hall–Kier alpha value is -2.79. The molecule has 0 aliphatic heterocycles. The molecule has 2 aromatic rings. The molecule has 5 heteroatoms. The van der Waals surface area contributed by atoms with Gasteiger partial charge in [0.25, 0.3) is 0 Å². The highest BCUT2D eigenvalue weighted by Gasteiger charge is 2.50. The van der Waals surface area contributed by atoms with Crippen LogP contribution in [0.4, 0.5) is 10.1 Å². The molecule has 4 atom stereocenters. The summed E-state index contributed by atoms with van der Waals surface area (Å²) in [6, 6.07) is 15.1. The number of Topliss-reactive ketones (excluding diaryl/α,β-unsaturated/α-hetero) is 2. The van der Waals surface area contributed by atoms with Gasteiger partial charge < -0.3 is 10.4 Å². The predicted molar refractivity (Wildman–Crippen MR) is 106 cm³/mol. The Labute approximate surface area is 164 Å². The van der Waals surface area contributed by atoms with Gasteiger partial charge in [0, 0.05) is 17.3 Å². The van der Waals surface area contributed by atoms with E-state index in [-0.39, 0.29) is 11.6 Å². The fourth-order valence-electron chi connectivity index (χ4n) is 4.25. The maximum absolute atomic E-state index is 13.5. The van der Waals surface area contributed by atoms with Gasteiger partial charge in [0.1, 0.15) is 17.4 Å². The van der Waals surface area contributed by atoms with Crippen LogP contribution in [0.15, 0.2) is 66.4 Å². The van der Waals surface area contributed by atoms with E-state index in [9.17, 15) is 19.1 Å². The monoisotopic (exact) mass is 381 g/mol. The van der Waals surface area contributed by atoms with E-state index in [1.807, 2.05) is 30.3 Å². The van der Waals surface area contributed by atoms with Crippen LogP contribution in [0.1, 0.15) is 32.3 Å². The van der Waals surface area contributed by atoms with Crippen LogP contribution >= 0.6 is 0 Å². The summed E-state index contributed by atoms with van der Waals surface area (Å²) in [6.07, 6.45) is 1.57. The zero-order chi connectivity index (χ0) is 20.5. The molecule has 0 heterocycles. The predicted octanol–water partition coefficient (Wildman–Crippen LogP) is 4.08. The Balaban J connectivity index is 2.16. The van der Waals surface area contributed by atoms with Gasteiger partial charge in [0.15, 0.2) is 0 Å². The lowest BCUT2D eigenvalue weighted by atomic mass is 9.62. The lowest BCUT2D eigenvalue weighted by Gasteiger charge is -2.44. The maximum atomic E-state index is 13.5. The summed E-state index contributed by atoms with van der Waals surface area (Å²) < 4.78 is 13.5. The quantitative estimate of drug-likeness (QED) is 0.819. The van der Waals surface area contributed by atoms with E-state index in [4.69, 9.17) is 0 Å². The molecule has 0 bridgehead atoms. The highest BCUT2D eigenvalue weighted by molar-refractivity contribution is 5.88. The number of rotatable bonds is 5. The van der Waals surface area contributed by atoms with Gasteiger partial charge in [0.05, 0.1) is 17.4 Å². The molecule has 0 saturated carbocycles. The number of carbonyl (C=O) groups is 2. The third kappa shape index (κ3) is 3.90. The molecule has 0 spiro atoms. The third-order valence-corrected chi connectivity index (χ3v) is 5.32. The molecule has 28 heavy (non-hydrogen) atoms. The SMILES string of the molecule is CC(=O)[C@H]1C(Nc2ccccc2)=C[C@@](C)(O)[C@@H](C(C)=O)[C@@H]1c1ccc(F)cc1. The first-order valence-electron chi connectivity index (χ1n) is 9.24. The first kappa shape index (κ1) is 20.0. The summed E-state index contributed by atoms with van der Waals surface area (Å²) in [6.45, 7) is 4.45. The van der Waals surface area contributed by atoms with Crippen LogP contribution in [-0.4, -0.2) is 22.3 Å². The van der Waals surface area contributed by atoms with Crippen molar-refractivity contribution in [3.05, 3.63) is 77.8 Å². The summed E-state index contributed by atoms with van der Waals surface area (Å²) in [7, 11) is 0. The van der Waals surface area contributed by atoms with Crippen molar-refractivity contribution in [1.29, 1.82) is 0 Å². The van der Waals surface area contributed by atoms with E-state index in [0.29, 0.717) is 11.3 Å². The first-order valence-corrected chi connectivity index (χ1v) is 9.24. The summed E-state index contributed by atoms with van der Waals surface area (Å²) in [5.74, 6) is -2.86. The van der Waals surface area contributed by atoms with Crippen LogP contribution in [-0.2, 0) is 9.59 Å². The molecule has 0 aromatic heterocycles. The van der Waals surface area contributed by atoms with Crippen molar-refractivity contribution >= 4 is 17.3 Å². The number of halogens is 1. The van der Waals surface area contributed by atoms with Gasteiger partial charge in [-0.2, -0.15) is 0 Å². The highest BCUT2D eigenvalue weighted by Crippen LogP contribution is 2.47. The summed E-state index contributed by atoms with van der Waals surface area (Å²) in [4.78, 5) is 25.2. The van der Waals surface area contributed by atoms with Crippen LogP contribution in [0.2, 0.25) is 0 Å². The Morgan fingerprint density at radius 3 is 2.14 bits per heavy atom. The summed E-state index contributed by atoms with van der Waals surface area (Å²) in [5.41, 5.74) is 0.488. The minimum Gasteiger partial charge on any atom is -0.385 e. The zero-order valence-corrected chi connectivity index (χ0v) is 16.1. The van der Waals surface area contributed by atoms with Gasteiger partial charge in [-0.15, -0.1) is 0 Å². The molecule has 146 valence electrons. The molecule has 3 rings (SSSR count). The van der Waals surface area contributed by atoms with Crippen LogP contribution in [0.25, 0.3) is 0 Å². The zero-order valence-electron chi connectivity index (χ0n) is 16.1. The number of hydrogen-bond donors (Lipinski definition) is 2. The standard InChI is InChI=1S/C23H24FNO3/c1-14(26)20-19(25-18-7-5-4-6-8-18)13-23(3,28)22(15(2)27)21(20)16-9-11-17(24)12-10-16/h4-13,20-22,25,28H,1-3H3/t20-,21+,22-,23+/m0/s1. The largest absolute Gasteiger partial charge is 0.385 e. The Morgan fingerprint density at radius 1 is 1.00 bits per heavy atom. The summed E-state index contributed by atoms with van der Waals surface area (Å²) >= 11 is 0. The highest BCUT2D eigenvalue weighted by atomic mass is 19.1. The Kier molecular flexibility index (Phi) is 5.47. The minimum absolute atomic E-state index is 0.134. The number of allylic oxidation sites excluding steroid dienone is 1. The van der Waals surface area contributed by atoms with Crippen LogP contribution < -0.4 is 5.32 Å². The van der Waals surface area contributed by atoms with Gasteiger partial charge in [-0.25, -0.2) is 4.39 Å². The smallest absolute Gasteiger partial charge is 0.139 e. The van der Waals surface area contributed by atoms with Crippen molar-refractivity contribution in [3.8, 4) is 0 Å². The second-order valence-corrected chi connectivity index (χ2v) is 7.57. The van der Waals surface area contributed by atoms with Gasteiger partial charge >= 0.3 is 0 Å². The molecule has 0 fully saturated rings. The fourth-order valence-corrected chi connectivity index (χ4v) is 4.25. The van der Waals surface area contributed by atoms with Crippen molar-refractivity contribution in [2.24, 2.45) is 11.8 Å². The number of nitrogens with one attached hydrogen (secondary N) is 1. The maximum Gasteiger partial charge on any atom is 0.139 e. The molecule has 1 aliphatic carbocycles. The average molecular weight is 381 g/mol. The fraction of sp³-hybridized carbons (Fsp3) is 0.304. The number of benzene rings is 2. The Bertz CT molecular complexity index is 903. The van der Waals surface area contributed by atoms with E-state index in [2.05, 4.69) is 5.32 Å². The van der Waals surface area contributed by atoms with Gasteiger partial charge in [0.2, 0.25) is 0 Å². The second-order valence-electron chi connectivity index (χ2n) is 7.57. The van der Waals surface area contributed by atoms with Crippen molar-refractivity contribution in [3.63, 3.8) is 0 Å². The molecular formula is C23H24FNO3. The van der Waals surface area contributed by atoms with E-state index >= 15 is 0 Å². The normalized spacial score (nSPS) is 27.0. The molecule has 4 nitrogen and oxygen atoms in total. The number of para-hydroxylation sites is 1. The lowest BCUT2D eigenvalue weighted by Crippen LogP contribution is -2.49. The average Bonchev–Trinajstić information content (AvgIpc) is 2.61. The molecule has 0 radical (unpaired) electrons. The number of ketones is 2. The third-order valence-electron chi connectivity index (χ3n) is 5.32. The lowest BCUT2D eigenvalue weighted by molar-refractivity contribution is -0.131. The first-order chi connectivity index (χ1) is 13.2. The van der Waals surface area contributed by atoms with Crippen molar-refractivity contribution in [2.45, 2.75) is 32.3 Å². The van der Waals surface area contributed by atoms with Crippen molar-refractivity contribution < 1.29 is 19.1 Å². The molecule has 2 aromatic carbocycles. The number of hydrogen-bond acceptors (Lipinski definition) is 4. The van der Waals surface area contributed by atoms with Crippen LogP contribution in [0.5, 0.6) is 0 Å². The molecule has 2 N–H and O–H groups in total. The van der Waals surface area contributed by atoms with Gasteiger partial charge in [-0.05, 0) is 56.7 Å². The second kappa shape index (κ2) is 7.68. The minimum atomic E-state index is -1.46. The van der Waals surface area contributed by atoms with E-state index in [0.717, 1.165) is 5.69 Å². The van der Waals surface area contributed by atoms with Crippen molar-refractivity contribution in [1.82, 2.24) is 0 Å². The molecular weight excluding hydrogens is 357 g/mol.